The summed E-state index contributed by atoms with van der Waals surface area (Å²) in [4.78, 5) is 15.0. The molecule has 7 heteroatoms. The monoisotopic (exact) mass is 395 g/mol. The molecule has 1 aliphatic heterocycles. The number of amides is 1. The maximum atomic E-state index is 12.6. The quantitative estimate of drug-likeness (QED) is 0.720. The van der Waals surface area contributed by atoms with Gasteiger partial charge in [-0.15, -0.1) is 0 Å². The third kappa shape index (κ3) is 5.94. The number of sulfonamides is 1. The van der Waals surface area contributed by atoms with Crippen molar-refractivity contribution in [2.24, 2.45) is 11.8 Å². The average Bonchev–Trinajstić information content (AvgIpc) is 2.56. The maximum Gasteiger partial charge on any atom is 0.251 e. The first kappa shape index (κ1) is 21.7. The largest absolute Gasteiger partial charge is 0.352 e. The molecule has 1 N–H and O–H groups in total. The molecule has 152 valence electrons. The van der Waals surface area contributed by atoms with E-state index in [2.05, 4.69) is 24.1 Å². The van der Waals surface area contributed by atoms with E-state index in [1.54, 1.807) is 25.1 Å². The van der Waals surface area contributed by atoms with Crippen molar-refractivity contribution in [2.45, 2.75) is 33.6 Å². The molecule has 1 fully saturated rings. The molecular formula is C20H33N3O3S. The van der Waals surface area contributed by atoms with Gasteiger partial charge in [0.05, 0.1) is 11.9 Å². The van der Waals surface area contributed by atoms with Crippen LogP contribution in [0.1, 0.15) is 42.6 Å². The molecule has 1 heterocycles. The van der Waals surface area contributed by atoms with Crippen LogP contribution in [0.25, 0.3) is 0 Å². The van der Waals surface area contributed by atoms with Gasteiger partial charge in [0.1, 0.15) is 0 Å². The van der Waals surface area contributed by atoms with Gasteiger partial charge in [-0.2, -0.15) is 0 Å². The lowest BCUT2D eigenvalue weighted by Gasteiger charge is -2.34. The molecule has 1 aromatic rings. The van der Waals surface area contributed by atoms with Crippen molar-refractivity contribution in [2.75, 3.05) is 43.8 Å². The molecule has 0 radical (unpaired) electrons. The Morgan fingerprint density at radius 1 is 1.26 bits per heavy atom. The second-order valence-corrected chi connectivity index (χ2v) is 10.0. The first-order chi connectivity index (χ1) is 12.6. The number of rotatable bonds is 7. The Bertz CT molecular complexity index is 754. The fraction of sp³-hybridized carbons (Fsp3) is 0.650. The molecule has 1 aliphatic rings. The van der Waals surface area contributed by atoms with E-state index < -0.39 is 10.0 Å². The molecule has 2 rings (SSSR count). The van der Waals surface area contributed by atoms with Crippen molar-refractivity contribution in [3.05, 3.63) is 29.3 Å². The van der Waals surface area contributed by atoms with Gasteiger partial charge in [-0.3, -0.25) is 9.10 Å². The summed E-state index contributed by atoms with van der Waals surface area (Å²) < 4.78 is 24.8. The van der Waals surface area contributed by atoms with Crippen LogP contribution in [0.2, 0.25) is 0 Å². The van der Waals surface area contributed by atoms with Crippen molar-refractivity contribution in [1.29, 1.82) is 0 Å². The molecule has 2 atom stereocenters. The van der Waals surface area contributed by atoms with E-state index in [1.807, 2.05) is 0 Å². The van der Waals surface area contributed by atoms with Gasteiger partial charge in [-0.1, -0.05) is 19.9 Å². The number of carbonyl (C=O) groups excluding carboxylic acids is 1. The molecular weight excluding hydrogens is 362 g/mol. The number of likely N-dealkylation sites (tertiary alicyclic amines) is 1. The van der Waals surface area contributed by atoms with Crippen molar-refractivity contribution >= 4 is 21.6 Å². The summed E-state index contributed by atoms with van der Waals surface area (Å²) in [5.41, 5.74) is 1.71. The fourth-order valence-electron chi connectivity index (χ4n) is 3.96. The predicted octanol–water partition coefficient (Wildman–Crippen LogP) is 2.49. The Balaban J connectivity index is 1.91. The zero-order valence-electron chi connectivity index (χ0n) is 17.2. The Kier molecular flexibility index (Phi) is 7.28. The van der Waals surface area contributed by atoms with Gasteiger partial charge in [0.25, 0.3) is 5.91 Å². The summed E-state index contributed by atoms with van der Waals surface area (Å²) in [5.74, 6) is 1.32. The van der Waals surface area contributed by atoms with Crippen LogP contribution in [0.4, 0.5) is 5.69 Å². The number of nitrogens with one attached hydrogen (secondary N) is 1. The second kappa shape index (κ2) is 9.06. The minimum absolute atomic E-state index is 0.156. The van der Waals surface area contributed by atoms with Crippen LogP contribution in [0.5, 0.6) is 0 Å². The number of hydrogen-bond acceptors (Lipinski definition) is 4. The van der Waals surface area contributed by atoms with E-state index >= 15 is 0 Å². The first-order valence-electron chi connectivity index (χ1n) is 9.63. The van der Waals surface area contributed by atoms with Gasteiger partial charge >= 0.3 is 0 Å². The van der Waals surface area contributed by atoms with Crippen LogP contribution in [-0.4, -0.2) is 58.7 Å². The van der Waals surface area contributed by atoms with Crippen LogP contribution >= 0.6 is 0 Å². The summed E-state index contributed by atoms with van der Waals surface area (Å²) in [6.45, 7) is 10.3. The Labute approximate surface area is 164 Å². The van der Waals surface area contributed by atoms with Gasteiger partial charge in [0, 0.05) is 32.2 Å². The predicted molar refractivity (Wildman–Crippen MR) is 111 cm³/mol. The van der Waals surface area contributed by atoms with Crippen LogP contribution in [-0.2, 0) is 10.0 Å². The van der Waals surface area contributed by atoms with E-state index in [4.69, 9.17) is 0 Å². The van der Waals surface area contributed by atoms with Gasteiger partial charge in [0.15, 0.2) is 0 Å². The van der Waals surface area contributed by atoms with E-state index in [1.165, 1.54) is 17.8 Å². The molecule has 1 saturated heterocycles. The van der Waals surface area contributed by atoms with Crippen molar-refractivity contribution in [3.8, 4) is 0 Å². The molecule has 0 bridgehead atoms. The molecule has 0 unspecified atom stereocenters. The number of nitrogens with zero attached hydrogens (tertiary/aromatic N) is 2. The van der Waals surface area contributed by atoms with Gasteiger partial charge in [0.2, 0.25) is 10.0 Å². The zero-order chi connectivity index (χ0) is 20.2. The normalized spacial score (nSPS) is 21.1. The van der Waals surface area contributed by atoms with Crippen LogP contribution < -0.4 is 9.62 Å². The first-order valence-corrected chi connectivity index (χ1v) is 11.5. The SMILES string of the molecule is Cc1c(C(=O)NCCCN2C[C@H](C)C[C@@H](C)C2)cccc1N(C)S(C)(=O)=O. The molecule has 0 spiro atoms. The number of piperidine rings is 1. The van der Waals surface area contributed by atoms with Crippen molar-refractivity contribution < 1.29 is 13.2 Å². The van der Waals surface area contributed by atoms with Crippen LogP contribution in [0, 0.1) is 18.8 Å². The van der Waals surface area contributed by atoms with Gasteiger partial charge in [-0.25, -0.2) is 8.42 Å². The molecule has 0 aliphatic carbocycles. The highest BCUT2D eigenvalue weighted by Crippen LogP contribution is 2.24. The second-order valence-electron chi connectivity index (χ2n) is 8.00. The molecule has 0 aromatic heterocycles. The van der Waals surface area contributed by atoms with E-state index in [-0.39, 0.29) is 5.91 Å². The summed E-state index contributed by atoms with van der Waals surface area (Å²) >= 11 is 0. The lowest BCUT2D eigenvalue weighted by Crippen LogP contribution is -2.40. The van der Waals surface area contributed by atoms with E-state index in [9.17, 15) is 13.2 Å². The summed E-state index contributed by atoms with van der Waals surface area (Å²) in [7, 11) is -1.87. The number of hydrogen-bond donors (Lipinski definition) is 1. The van der Waals surface area contributed by atoms with Crippen LogP contribution in [0.15, 0.2) is 18.2 Å². The Morgan fingerprint density at radius 2 is 1.89 bits per heavy atom. The minimum atomic E-state index is -3.37. The number of carbonyl (C=O) groups is 1. The smallest absolute Gasteiger partial charge is 0.251 e. The molecule has 0 saturated carbocycles. The maximum absolute atomic E-state index is 12.6. The molecule has 6 nitrogen and oxygen atoms in total. The average molecular weight is 396 g/mol. The lowest BCUT2D eigenvalue weighted by molar-refractivity contribution is 0.0946. The third-order valence-corrected chi connectivity index (χ3v) is 6.46. The lowest BCUT2D eigenvalue weighted by atomic mass is 9.92. The van der Waals surface area contributed by atoms with Crippen LogP contribution in [0.3, 0.4) is 0 Å². The zero-order valence-corrected chi connectivity index (χ0v) is 18.0. The molecule has 1 amide bonds. The van der Waals surface area contributed by atoms with Gasteiger partial charge in [-0.05, 0) is 55.8 Å². The third-order valence-electron chi connectivity index (χ3n) is 5.27. The summed E-state index contributed by atoms with van der Waals surface area (Å²) in [6, 6.07) is 5.17. The highest BCUT2D eigenvalue weighted by Gasteiger charge is 2.21. The fourth-order valence-corrected chi connectivity index (χ4v) is 4.52. The van der Waals surface area contributed by atoms with Crippen molar-refractivity contribution in [3.63, 3.8) is 0 Å². The molecule has 1 aromatic carbocycles. The number of benzene rings is 1. The summed E-state index contributed by atoms with van der Waals surface area (Å²) in [5, 5.41) is 2.97. The van der Waals surface area contributed by atoms with Gasteiger partial charge < -0.3 is 10.2 Å². The highest BCUT2D eigenvalue weighted by atomic mass is 32.2. The molecule has 27 heavy (non-hydrogen) atoms. The Morgan fingerprint density at radius 3 is 2.48 bits per heavy atom. The Hall–Kier alpha value is -1.60. The number of anilines is 1. The van der Waals surface area contributed by atoms with Crippen molar-refractivity contribution in [1.82, 2.24) is 10.2 Å². The van der Waals surface area contributed by atoms with E-state index in [0.717, 1.165) is 44.1 Å². The van der Waals surface area contributed by atoms with E-state index in [0.29, 0.717) is 23.4 Å². The summed E-state index contributed by atoms with van der Waals surface area (Å²) in [6.07, 6.45) is 3.36. The standard InChI is InChI=1S/C20H33N3O3S/c1-15-12-16(2)14-23(13-15)11-7-10-21-20(24)18-8-6-9-19(17(18)3)22(4)27(5,25)26/h6,8-9,15-16H,7,10-14H2,1-5H3,(H,21,24)/t15-,16-/m1/s1. The highest BCUT2D eigenvalue weighted by molar-refractivity contribution is 7.92. The minimum Gasteiger partial charge on any atom is -0.352 e. The topological polar surface area (TPSA) is 69.7 Å².